The minimum Gasteiger partial charge on any atom is -0.376 e. The molecule has 9 heteroatoms. The first-order valence-corrected chi connectivity index (χ1v) is 11.2. The van der Waals surface area contributed by atoms with Gasteiger partial charge in [0.2, 0.25) is 11.0 Å². The largest absolute Gasteiger partial charge is 0.376 e. The number of ether oxygens (including phenoxy) is 1. The van der Waals surface area contributed by atoms with Gasteiger partial charge in [-0.25, -0.2) is 0 Å². The van der Waals surface area contributed by atoms with E-state index in [1.54, 1.807) is 0 Å². The molecule has 1 amide bonds. The second-order valence-corrected chi connectivity index (χ2v) is 8.89. The minimum absolute atomic E-state index is 0.0200. The molecule has 2 heterocycles. The van der Waals surface area contributed by atoms with Crippen LogP contribution in [0.3, 0.4) is 0 Å². The number of anilines is 1. The van der Waals surface area contributed by atoms with Crippen molar-refractivity contribution in [2.45, 2.75) is 42.7 Å². The molecule has 146 valence electrons. The van der Waals surface area contributed by atoms with Crippen molar-refractivity contribution in [2.75, 3.05) is 24.2 Å². The fraction of sp³-hybridized carbons (Fsp3) is 0.500. The predicted molar refractivity (Wildman–Crippen MR) is 111 cm³/mol. The lowest BCUT2D eigenvalue weighted by Gasteiger charge is -2.17. The molecular weight excluding hydrogens is 404 g/mol. The van der Waals surface area contributed by atoms with E-state index in [0.29, 0.717) is 10.8 Å². The van der Waals surface area contributed by atoms with Crippen LogP contribution in [0.15, 0.2) is 28.6 Å². The molecule has 0 aliphatic carbocycles. The molecule has 6 nitrogen and oxygen atoms in total. The van der Waals surface area contributed by atoms with E-state index in [4.69, 9.17) is 16.3 Å². The molecule has 27 heavy (non-hydrogen) atoms. The summed E-state index contributed by atoms with van der Waals surface area (Å²) in [6.07, 6.45) is 3.27. The number of halogens is 1. The van der Waals surface area contributed by atoms with Crippen LogP contribution < -0.4 is 10.6 Å². The highest BCUT2D eigenvalue weighted by molar-refractivity contribution is 8.01. The zero-order valence-electron chi connectivity index (χ0n) is 15.1. The van der Waals surface area contributed by atoms with Crippen LogP contribution in [-0.4, -0.2) is 41.1 Å². The van der Waals surface area contributed by atoms with Crippen molar-refractivity contribution >= 4 is 45.7 Å². The third-order valence-electron chi connectivity index (χ3n) is 4.25. The first-order chi connectivity index (χ1) is 13.1. The summed E-state index contributed by atoms with van der Waals surface area (Å²) in [6, 6.07) is 7.55. The molecule has 2 atom stereocenters. The van der Waals surface area contributed by atoms with E-state index in [0.717, 1.165) is 47.4 Å². The number of carbonyl (C=O) groups excluding carboxylic acids is 1. The number of rotatable bonds is 9. The number of hydrogen-bond donors (Lipinski definition) is 2. The van der Waals surface area contributed by atoms with Crippen molar-refractivity contribution in [3.05, 3.63) is 34.9 Å². The first-order valence-electron chi connectivity index (χ1n) is 9.00. The van der Waals surface area contributed by atoms with E-state index in [9.17, 15) is 4.79 Å². The zero-order valence-corrected chi connectivity index (χ0v) is 17.5. The van der Waals surface area contributed by atoms with Crippen LogP contribution in [0.1, 0.15) is 37.8 Å². The molecule has 3 rings (SSSR count). The Kier molecular flexibility index (Phi) is 7.75. The quantitative estimate of drug-likeness (QED) is 0.587. The van der Waals surface area contributed by atoms with Crippen LogP contribution >= 0.6 is 34.7 Å². The van der Waals surface area contributed by atoms with Crippen LogP contribution in [0.4, 0.5) is 5.13 Å². The molecular formula is C18H23ClN4O2S2. The zero-order chi connectivity index (χ0) is 19.1. The number of thioether (sulfide) groups is 1. The Morgan fingerprint density at radius 3 is 2.93 bits per heavy atom. The van der Waals surface area contributed by atoms with Crippen molar-refractivity contribution in [3.8, 4) is 0 Å². The maximum atomic E-state index is 12.3. The van der Waals surface area contributed by atoms with Gasteiger partial charge >= 0.3 is 0 Å². The second kappa shape index (κ2) is 10.3. The molecule has 1 aliphatic rings. The normalized spacial score (nSPS) is 17.6. The second-order valence-electron chi connectivity index (χ2n) is 6.26. The topological polar surface area (TPSA) is 76.1 Å². The van der Waals surface area contributed by atoms with Crippen molar-refractivity contribution in [1.29, 1.82) is 0 Å². The molecule has 1 fully saturated rings. The Hall–Kier alpha value is -1.35. The van der Waals surface area contributed by atoms with Crippen molar-refractivity contribution in [3.63, 3.8) is 0 Å². The number of carbonyl (C=O) groups is 1. The fourth-order valence-electron chi connectivity index (χ4n) is 2.83. The molecule has 1 aromatic heterocycles. The molecule has 0 bridgehead atoms. The van der Waals surface area contributed by atoms with Gasteiger partial charge < -0.3 is 15.4 Å². The van der Waals surface area contributed by atoms with Crippen LogP contribution in [0.2, 0.25) is 5.02 Å². The smallest absolute Gasteiger partial charge is 0.230 e. The first kappa shape index (κ1) is 20.4. The Bertz CT molecular complexity index is 735. The van der Waals surface area contributed by atoms with Gasteiger partial charge in [0.05, 0.1) is 17.9 Å². The third kappa shape index (κ3) is 6.34. The van der Waals surface area contributed by atoms with Crippen molar-refractivity contribution in [2.24, 2.45) is 0 Å². The molecule has 0 radical (unpaired) electrons. The third-order valence-corrected chi connectivity index (χ3v) is 6.52. The van der Waals surface area contributed by atoms with Gasteiger partial charge in [0.1, 0.15) is 0 Å². The number of amides is 1. The van der Waals surface area contributed by atoms with Crippen LogP contribution in [0.5, 0.6) is 0 Å². The lowest BCUT2D eigenvalue weighted by molar-refractivity contribution is -0.119. The summed E-state index contributed by atoms with van der Waals surface area (Å²) in [5, 5.41) is 16.0. The molecule has 1 saturated heterocycles. The highest BCUT2D eigenvalue weighted by Gasteiger charge is 2.17. The lowest BCUT2D eigenvalue weighted by atomic mass is 10.0. The lowest BCUT2D eigenvalue weighted by Crippen LogP contribution is -2.29. The van der Waals surface area contributed by atoms with Gasteiger partial charge in [-0.3, -0.25) is 4.79 Å². The van der Waals surface area contributed by atoms with E-state index in [1.165, 1.54) is 23.1 Å². The predicted octanol–water partition coefficient (Wildman–Crippen LogP) is 4.14. The Morgan fingerprint density at radius 2 is 2.22 bits per heavy atom. The maximum absolute atomic E-state index is 12.3. The summed E-state index contributed by atoms with van der Waals surface area (Å²) in [5.41, 5.74) is 1.05. The van der Waals surface area contributed by atoms with Gasteiger partial charge in [-0.15, -0.1) is 10.2 Å². The summed E-state index contributed by atoms with van der Waals surface area (Å²) in [4.78, 5) is 12.3. The summed E-state index contributed by atoms with van der Waals surface area (Å²) < 4.78 is 6.36. The average molecular weight is 427 g/mol. The van der Waals surface area contributed by atoms with Crippen LogP contribution in [-0.2, 0) is 9.53 Å². The van der Waals surface area contributed by atoms with Gasteiger partial charge in [0.25, 0.3) is 0 Å². The molecule has 2 aromatic rings. The Balaban J connectivity index is 1.43. The van der Waals surface area contributed by atoms with E-state index in [2.05, 4.69) is 20.8 Å². The highest BCUT2D eigenvalue weighted by atomic mass is 35.5. The fourth-order valence-corrected chi connectivity index (χ4v) is 4.52. The summed E-state index contributed by atoms with van der Waals surface area (Å²) in [6.45, 7) is 3.63. The number of nitrogens with zero attached hydrogens (tertiary/aromatic N) is 2. The standard InChI is InChI=1S/C18H23ClN4O2S2/c1-2-15(12-5-7-13(19)8-6-12)21-16(24)11-26-18-23-22-17(27-18)20-10-14-4-3-9-25-14/h5-8,14-15H,2-4,9-11H2,1H3,(H,20,22)(H,21,24). The summed E-state index contributed by atoms with van der Waals surface area (Å²) >= 11 is 8.79. The summed E-state index contributed by atoms with van der Waals surface area (Å²) in [5.74, 6) is 0.288. The van der Waals surface area contributed by atoms with E-state index >= 15 is 0 Å². The number of benzene rings is 1. The van der Waals surface area contributed by atoms with Crippen LogP contribution in [0, 0.1) is 0 Å². The van der Waals surface area contributed by atoms with Gasteiger partial charge in [-0.1, -0.05) is 53.8 Å². The van der Waals surface area contributed by atoms with Gasteiger partial charge in [-0.2, -0.15) is 0 Å². The van der Waals surface area contributed by atoms with E-state index in [1.807, 2.05) is 31.2 Å². The molecule has 0 spiro atoms. The maximum Gasteiger partial charge on any atom is 0.230 e. The van der Waals surface area contributed by atoms with Crippen molar-refractivity contribution < 1.29 is 9.53 Å². The van der Waals surface area contributed by atoms with E-state index < -0.39 is 0 Å². The number of hydrogen-bond acceptors (Lipinski definition) is 7. The Morgan fingerprint density at radius 1 is 1.41 bits per heavy atom. The summed E-state index contributed by atoms with van der Waals surface area (Å²) in [7, 11) is 0. The number of aromatic nitrogens is 2. The highest BCUT2D eigenvalue weighted by Crippen LogP contribution is 2.26. The van der Waals surface area contributed by atoms with E-state index in [-0.39, 0.29) is 18.1 Å². The monoisotopic (exact) mass is 426 g/mol. The molecule has 2 N–H and O–H groups in total. The van der Waals surface area contributed by atoms with Gasteiger partial charge in [-0.05, 0) is 37.0 Å². The average Bonchev–Trinajstić information content (AvgIpc) is 3.35. The molecule has 1 aliphatic heterocycles. The van der Waals surface area contributed by atoms with Gasteiger partial charge in [0.15, 0.2) is 4.34 Å². The van der Waals surface area contributed by atoms with Gasteiger partial charge in [0, 0.05) is 18.2 Å². The molecule has 1 aromatic carbocycles. The molecule has 2 unspecified atom stereocenters. The Labute approximate surface area is 172 Å². The number of nitrogens with one attached hydrogen (secondary N) is 2. The SMILES string of the molecule is CCC(NC(=O)CSc1nnc(NCC2CCCO2)s1)c1ccc(Cl)cc1. The minimum atomic E-state index is -0.0223. The molecule has 0 saturated carbocycles. The van der Waals surface area contributed by atoms with Crippen LogP contribution in [0.25, 0.3) is 0 Å². The van der Waals surface area contributed by atoms with Crippen molar-refractivity contribution in [1.82, 2.24) is 15.5 Å².